The van der Waals surface area contributed by atoms with Gasteiger partial charge in [-0.2, -0.15) is 0 Å². The second-order valence-corrected chi connectivity index (χ2v) is 7.31. The topological polar surface area (TPSA) is 96.7 Å². The van der Waals surface area contributed by atoms with E-state index < -0.39 is 0 Å². The van der Waals surface area contributed by atoms with Crippen molar-refractivity contribution in [3.63, 3.8) is 0 Å². The number of carbonyl (C=O) groups excluding carboxylic acids is 2. The van der Waals surface area contributed by atoms with Gasteiger partial charge in [0.1, 0.15) is 11.4 Å². The van der Waals surface area contributed by atoms with Crippen molar-refractivity contribution in [2.75, 3.05) is 20.2 Å². The summed E-state index contributed by atoms with van der Waals surface area (Å²) in [5.41, 5.74) is 1.49. The van der Waals surface area contributed by atoms with Gasteiger partial charge >= 0.3 is 6.03 Å². The fraction of sp³-hybridized carbons (Fsp3) is 0.450. The summed E-state index contributed by atoms with van der Waals surface area (Å²) >= 11 is 0. The second-order valence-electron chi connectivity index (χ2n) is 7.31. The number of urea groups is 1. The predicted octanol–water partition coefficient (Wildman–Crippen LogP) is 2.16. The lowest BCUT2D eigenvalue weighted by Gasteiger charge is -2.27. The molecule has 0 unspecified atom stereocenters. The van der Waals surface area contributed by atoms with Gasteiger partial charge in [-0.05, 0) is 25.0 Å². The molecule has 0 radical (unpaired) electrons. The molecule has 2 aromatic rings. The average molecular weight is 384 g/mol. The Morgan fingerprint density at radius 3 is 3.11 bits per heavy atom. The standard InChI is InChI=1S/C20H24N4O4/c1-27-17-7-3-4-13(8-17)18-9-16(23-28-18)10-21-20(26)24-11-14-5-2-6-15(12-24)22-19(14)25/h3-4,7-9,14-15H,2,5-6,10-12H2,1H3,(H,21,26)(H,22,25)/t14-,15+/m1/s1. The number of benzene rings is 1. The predicted molar refractivity (Wildman–Crippen MR) is 102 cm³/mol. The second kappa shape index (κ2) is 7.92. The van der Waals surface area contributed by atoms with Gasteiger partial charge in [-0.25, -0.2) is 4.79 Å². The van der Waals surface area contributed by atoms with Crippen LogP contribution < -0.4 is 15.4 Å². The molecule has 3 heterocycles. The Morgan fingerprint density at radius 2 is 2.25 bits per heavy atom. The van der Waals surface area contributed by atoms with E-state index in [1.807, 2.05) is 24.3 Å². The van der Waals surface area contributed by atoms with Gasteiger partial charge in [0.15, 0.2) is 5.76 Å². The van der Waals surface area contributed by atoms with Crippen LogP contribution in [0, 0.1) is 5.92 Å². The first-order valence-electron chi connectivity index (χ1n) is 9.55. The number of amides is 3. The van der Waals surface area contributed by atoms with Gasteiger partial charge < -0.3 is 24.8 Å². The summed E-state index contributed by atoms with van der Waals surface area (Å²) < 4.78 is 10.6. The van der Waals surface area contributed by atoms with Crippen molar-refractivity contribution in [2.45, 2.75) is 31.8 Å². The summed E-state index contributed by atoms with van der Waals surface area (Å²) in [5.74, 6) is 1.29. The maximum atomic E-state index is 12.6. The number of carbonyl (C=O) groups is 2. The SMILES string of the molecule is COc1cccc(-c2cc(CNC(=O)N3C[C@@H]4CCC[C@H](C3)C(=O)N4)no2)c1. The molecule has 1 aromatic heterocycles. The first-order chi connectivity index (χ1) is 13.6. The lowest BCUT2D eigenvalue weighted by atomic mass is 9.99. The van der Waals surface area contributed by atoms with Gasteiger partial charge in [0, 0.05) is 30.8 Å². The maximum absolute atomic E-state index is 12.6. The van der Waals surface area contributed by atoms with E-state index in [1.54, 1.807) is 18.1 Å². The molecular formula is C20H24N4O4. The molecule has 0 aliphatic carbocycles. The Balaban J connectivity index is 1.37. The average Bonchev–Trinajstić information content (AvgIpc) is 3.02. The van der Waals surface area contributed by atoms with Crippen molar-refractivity contribution in [3.05, 3.63) is 36.0 Å². The lowest BCUT2D eigenvalue weighted by molar-refractivity contribution is -0.124. The zero-order valence-electron chi connectivity index (χ0n) is 15.8. The number of fused-ring (bicyclic) bond motifs is 3. The molecule has 8 heteroatoms. The number of ether oxygens (including phenoxy) is 1. The van der Waals surface area contributed by atoms with Crippen LogP contribution in [0.15, 0.2) is 34.9 Å². The number of likely N-dealkylation sites (tertiary alicyclic amines) is 1. The van der Waals surface area contributed by atoms with Crippen LogP contribution in [0.5, 0.6) is 5.75 Å². The van der Waals surface area contributed by atoms with E-state index in [2.05, 4.69) is 15.8 Å². The summed E-state index contributed by atoms with van der Waals surface area (Å²) in [5, 5.41) is 9.96. The third-order valence-electron chi connectivity index (χ3n) is 5.33. The highest BCUT2D eigenvalue weighted by molar-refractivity contribution is 5.82. The van der Waals surface area contributed by atoms with E-state index in [9.17, 15) is 9.59 Å². The Labute approximate surface area is 163 Å². The quantitative estimate of drug-likeness (QED) is 0.842. The lowest BCUT2D eigenvalue weighted by Crippen LogP contribution is -2.46. The van der Waals surface area contributed by atoms with Crippen LogP contribution in [0.25, 0.3) is 11.3 Å². The largest absolute Gasteiger partial charge is 0.497 e. The number of methoxy groups -OCH3 is 1. The molecule has 2 fully saturated rings. The minimum atomic E-state index is -0.181. The molecule has 0 spiro atoms. The summed E-state index contributed by atoms with van der Waals surface area (Å²) in [7, 11) is 1.61. The van der Waals surface area contributed by atoms with Crippen molar-refractivity contribution < 1.29 is 18.8 Å². The molecule has 148 valence electrons. The summed E-state index contributed by atoms with van der Waals surface area (Å²) in [6.07, 6.45) is 2.77. The highest BCUT2D eigenvalue weighted by Gasteiger charge is 2.34. The van der Waals surface area contributed by atoms with E-state index in [0.717, 1.165) is 30.6 Å². The smallest absolute Gasteiger partial charge is 0.317 e. The third kappa shape index (κ3) is 3.95. The monoisotopic (exact) mass is 384 g/mol. The first-order valence-corrected chi connectivity index (χ1v) is 9.55. The van der Waals surface area contributed by atoms with E-state index in [0.29, 0.717) is 24.5 Å². The highest BCUT2D eigenvalue weighted by atomic mass is 16.5. The van der Waals surface area contributed by atoms with Crippen LogP contribution >= 0.6 is 0 Å². The fourth-order valence-corrected chi connectivity index (χ4v) is 3.80. The molecule has 4 rings (SSSR count). The molecule has 8 nitrogen and oxygen atoms in total. The molecule has 2 aliphatic rings. The highest BCUT2D eigenvalue weighted by Crippen LogP contribution is 2.25. The minimum absolute atomic E-state index is 0.0393. The molecule has 28 heavy (non-hydrogen) atoms. The van der Waals surface area contributed by atoms with Crippen LogP contribution in [0.4, 0.5) is 4.79 Å². The summed E-state index contributed by atoms with van der Waals surface area (Å²) in [4.78, 5) is 26.5. The number of rotatable bonds is 4. The molecule has 2 aliphatic heterocycles. The Hall–Kier alpha value is -3.03. The van der Waals surface area contributed by atoms with Crippen LogP contribution in [0.3, 0.4) is 0 Å². The van der Waals surface area contributed by atoms with E-state index in [4.69, 9.17) is 9.26 Å². The summed E-state index contributed by atoms with van der Waals surface area (Å²) in [6, 6.07) is 9.17. The van der Waals surface area contributed by atoms with Gasteiger partial charge in [-0.1, -0.05) is 23.7 Å². The van der Waals surface area contributed by atoms with Gasteiger partial charge in [0.05, 0.1) is 19.6 Å². The van der Waals surface area contributed by atoms with Crippen molar-refractivity contribution >= 4 is 11.9 Å². The van der Waals surface area contributed by atoms with E-state index >= 15 is 0 Å². The van der Waals surface area contributed by atoms with Crippen LogP contribution in [-0.4, -0.2) is 48.2 Å². The van der Waals surface area contributed by atoms with Crippen LogP contribution in [0.2, 0.25) is 0 Å². The van der Waals surface area contributed by atoms with Gasteiger partial charge in [0.2, 0.25) is 5.91 Å². The van der Waals surface area contributed by atoms with Crippen molar-refractivity contribution in [1.29, 1.82) is 0 Å². The van der Waals surface area contributed by atoms with Crippen molar-refractivity contribution in [1.82, 2.24) is 20.7 Å². The van der Waals surface area contributed by atoms with Gasteiger partial charge in [-0.3, -0.25) is 4.79 Å². The Kier molecular flexibility index (Phi) is 5.18. The minimum Gasteiger partial charge on any atom is -0.497 e. The van der Waals surface area contributed by atoms with Crippen LogP contribution in [0.1, 0.15) is 25.0 Å². The molecule has 2 N–H and O–H groups in total. The summed E-state index contributed by atoms with van der Waals surface area (Å²) in [6.45, 7) is 1.27. The molecule has 2 saturated heterocycles. The maximum Gasteiger partial charge on any atom is 0.317 e. The van der Waals surface area contributed by atoms with Crippen molar-refractivity contribution in [2.24, 2.45) is 5.92 Å². The molecule has 0 saturated carbocycles. The van der Waals surface area contributed by atoms with E-state index in [-0.39, 0.29) is 30.4 Å². The first kappa shape index (κ1) is 18.3. The van der Waals surface area contributed by atoms with Gasteiger partial charge in [0.25, 0.3) is 0 Å². The zero-order chi connectivity index (χ0) is 19.5. The number of hydrogen-bond donors (Lipinski definition) is 2. The zero-order valence-corrected chi connectivity index (χ0v) is 15.8. The van der Waals surface area contributed by atoms with Crippen molar-refractivity contribution in [3.8, 4) is 17.1 Å². The molecule has 3 amide bonds. The molecule has 2 bridgehead atoms. The normalized spacial score (nSPS) is 21.6. The Bertz CT molecular complexity index is 865. The molecular weight excluding hydrogens is 360 g/mol. The van der Waals surface area contributed by atoms with Gasteiger partial charge in [-0.15, -0.1) is 0 Å². The number of aromatic nitrogens is 1. The van der Waals surface area contributed by atoms with E-state index in [1.165, 1.54) is 0 Å². The fourth-order valence-electron chi connectivity index (χ4n) is 3.80. The van der Waals surface area contributed by atoms with Crippen LogP contribution in [-0.2, 0) is 11.3 Å². The Morgan fingerprint density at radius 1 is 1.36 bits per heavy atom. The number of nitrogens with zero attached hydrogens (tertiary/aromatic N) is 2. The number of hydrogen-bond acceptors (Lipinski definition) is 5. The third-order valence-corrected chi connectivity index (χ3v) is 5.33. The number of nitrogens with one attached hydrogen (secondary N) is 2. The molecule has 1 aromatic carbocycles. The molecule has 2 atom stereocenters.